The normalized spacial score (nSPS) is 13.1. The van der Waals surface area contributed by atoms with Crippen LogP contribution < -0.4 is 5.32 Å². The van der Waals surface area contributed by atoms with Crippen molar-refractivity contribution in [1.82, 2.24) is 5.32 Å². The number of rotatable bonds is 6. The Morgan fingerprint density at radius 3 is 2.65 bits per heavy atom. The van der Waals surface area contributed by atoms with Gasteiger partial charge in [-0.25, -0.2) is 4.39 Å². The topological polar surface area (TPSA) is 12.0 Å². The van der Waals surface area contributed by atoms with E-state index in [1.807, 2.05) is 6.07 Å². The molecule has 0 radical (unpaired) electrons. The molecule has 0 saturated carbocycles. The smallest absolute Gasteiger partial charge is 0.137 e. The molecular formula is C14H21BrFN. The summed E-state index contributed by atoms with van der Waals surface area (Å²) in [6, 6.07) is 5.76. The quantitative estimate of drug-likeness (QED) is 0.832. The van der Waals surface area contributed by atoms with E-state index in [1.54, 1.807) is 6.07 Å². The lowest BCUT2D eigenvalue weighted by Crippen LogP contribution is -2.28. The predicted molar refractivity (Wildman–Crippen MR) is 74.7 cm³/mol. The zero-order valence-electron chi connectivity index (χ0n) is 10.8. The lowest BCUT2D eigenvalue weighted by atomic mass is 10.0. The summed E-state index contributed by atoms with van der Waals surface area (Å²) in [7, 11) is 0. The Bertz CT molecular complexity index is 352. The molecule has 0 heterocycles. The summed E-state index contributed by atoms with van der Waals surface area (Å²) < 4.78 is 13.9. The van der Waals surface area contributed by atoms with Crippen LogP contribution in [0.4, 0.5) is 4.39 Å². The van der Waals surface area contributed by atoms with E-state index in [0.29, 0.717) is 16.4 Å². The molecule has 1 rings (SSSR count). The highest BCUT2D eigenvalue weighted by Crippen LogP contribution is 2.22. The van der Waals surface area contributed by atoms with E-state index in [9.17, 15) is 4.39 Å². The second kappa shape index (κ2) is 7.12. The van der Waals surface area contributed by atoms with Crippen molar-refractivity contribution in [3.8, 4) is 0 Å². The Kier molecular flexibility index (Phi) is 6.14. The first-order valence-corrected chi connectivity index (χ1v) is 6.96. The van der Waals surface area contributed by atoms with Gasteiger partial charge in [-0.3, -0.25) is 0 Å². The van der Waals surface area contributed by atoms with E-state index in [0.717, 1.165) is 24.9 Å². The van der Waals surface area contributed by atoms with E-state index in [1.165, 1.54) is 6.07 Å². The van der Waals surface area contributed by atoms with Crippen LogP contribution in [0.3, 0.4) is 0 Å². The van der Waals surface area contributed by atoms with Gasteiger partial charge in [0.05, 0.1) is 4.47 Å². The van der Waals surface area contributed by atoms with Crippen LogP contribution in [0.2, 0.25) is 0 Å². The van der Waals surface area contributed by atoms with E-state index < -0.39 is 0 Å². The molecule has 0 amide bonds. The summed E-state index contributed by atoms with van der Waals surface area (Å²) in [5, 5.41) is 3.42. The van der Waals surface area contributed by atoms with Crippen molar-refractivity contribution in [2.45, 2.75) is 39.7 Å². The highest BCUT2D eigenvalue weighted by Gasteiger charge is 2.08. The minimum atomic E-state index is -0.171. The van der Waals surface area contributed by atoms with Crippen LogP contribution in [0.15, 0.2) is 22.7 Å². The predicted octanol–water partition coefficient (Wildman–Crippen LogP) is 4.15. The highest BCUT2D eigenvalue weighted by molar-refractivity contribution is 9.10. The zero-order valence-corrected chi connectivity index (χ0v) is 12.3. The fraction of sp³-hybridized carbons (Fsp3) is 0.571. The molecule has 0 aliphatic rings. The van der Waals surface area contributed by atoms with Crippen LogP contribution in [0.25, 0.3) is 0 Å². The van der Waals surface area contributed by atoms with Gasteiger partial charge in [0.2, 0.25) is 0 Å². The van der Waals surface area contributed by atoms with Gasteiger partial charge in [0.15, 0.2) is 0 Å². The maximum Gasteiger partial charge on any atom is 0.137 e. The third kappa shape index (κ3) is 5.17. The van der Waals surface area contributed by atoms with Crippen molar-refractivity contribution in [3.05, 3.63) is 34.1 Å². The van der Waals surface area contributed by atoms with Crippen LogP contribution in [0, 0.1) is 11.7 Å². The van der Waals surface area contributed by atoms with Gasteiger partial charge < -0.3 is 5.32 Å². The van der Waals surface area contributed by atoms with E-state index >= 15 is 0 Å². The highest BCUT2D eigenvalue weighted by atomic mass is 79.9. The third-order valence-corrected chi connectivity index (χ3v) is 3.70. The second-order valence-electron chi connectivity index (χ2n) is 4.92. The van der Waals surface area contributed by atoms with Gasteiger partial charge in [-0.1, -0.05) is 32.9 Å². The Morgan fingerprint density at radius 2 is 2.00 bits per heavy atom. The van der Waals surface area contributed by atoms with Gasteiger partial charge in [-0.05, 0) is 52.9 Å². The molecule has 0 aliphatic carbocycles. The molecule has 0 aliphatic heterocycles. The number of benzene rings is 1. The monoisotopic (exact) mass is 301 g/mol. The van der Waals surface area contributed by atoms with Crippen molar-refractivity contribution in [2.24, 2.45) is 5.92 Å². The van der Waals surface area contributed by atoms with Crippen LogP contribution in [-0.2, 0) is 6.42 Å². The lowest BCUT2D eigenvalue weighted by molar-refractivity contribution is 0.453. The fourth-order valence-corrected chi connectivity index (χ4v) is 2.14. The van der Waals surface area contributed by atoms with Gasteiger partial charge >= 0.3 is 0 Å². The third-order valence-electron chi connectivity index (χ3n) is 2.81. The SMILES string of the molecule is CC(CCc1cccc(F)c1Br)CNC(C)C. The molecule has 0 saturated heterocycles. The number of nitrogens with one attached hydrogen (secondary N) is 1. The minimum Gasteiger partial charge on any atom is -0.314 e. The molecule has 0 spiro atoms. The van der Waals surface area contributed by atoms with Crippen molar-refractivity contribution in [3.63, 3.8) is 0 Å². The maximum atomic E-state index is 13.3. The molecule has 1 aromatic carbocycles. The Hall–Kier alpha value is -0.410. The first kappa shape index (κ1) is 14.7. The lowest BCUT2D eigenvalue weighted by Gasteiger charge is -2.15. The molecule has 0 bridgehead atoms. The number of aryl methyl sites for hydroxylation is 1. The fourth-order valence-electron chi connectivity index (χ4n) is 1.68. The molecule has 0 fully saturated rings. The van der Waals surface area contributed by atoms with Gasteiger partial charge in [-0.2, -0.15) is 0 Å². The van der Waals surface area contributed by atoms with Gasteiger partial charge in [0, 0.05) is 6.04 Å². The minimum absolute atomic E-state index is 0.171. The summed E-state index contributed by atoms with van der Waals surface area (Å²) in [5.41, 5.74) is 1.06. The van der Waals surface area contributed by atoms with E-state index in [4.69, 9.17) is 0 Å². The number of hydrogen-bond acceptors (Lipinski definition) is 1. The summed E-state index contributed by atoms with van der Waals surface area (Å²) >= 11 is 3.30. The van der Waals surface area contributed by atoms with Crippen LogP contribution in [-0.4, -0.2) is 12.6 Å². The second-order valence-corrected chi connectivity index (χ2v) is 5.71. The summed E-state index contributed by atoms with van der Waals surface area (Å²) in [6.45, 7) is 7.54. The number of hydrogen-bond donors (Lipinski definition) is 1. The molecule has 1 unspecified atom stereocenters. The average molecular weight is 302 g/mol. The van der Waals surface area contributed by atoms with Gasteiger partial charge in [-0.15, -0.1) is 0 Å². The molecular weight excluding hydrogens is 281 g/mol. The van der Waals surface area contributed by atoms with Crippen molar-refractivity contribution < 1.29 is 4.39 Å². The van der Waals surface area contributed by atoms with Crippen LogP contribution >= 0.6 is 15.9 Å². The average Bonchev–Trinajstić information content (AvgIpc) is 2.28. The number of halogens is 2. The van der Waals surface area contributed by atoms with Gasteiger partial charge in [0.1, 0.15) is 5.82 Å². The van der Waals surface area contributed by atoms with Gasteiger partial charge in [0.25, 0.3) is 0 Å². The summed E-state index contributed by atoms with van der Waals surface area (Å²) in [4.78, 5) is 0. The molecule has 0 aromatic heterocycles. The zero-order chi connectivity index (χ0) is 12.8. The molecule has 17 heavy (non-hydrogen) atoms. The van der Waals surface area contributed by atoms with Crippen LogP contribution in [0.1, 0.15) is 32.8 Å². The molecule has 1 nitrogen and oxygen atoms in total. The molecule has 1 aromatic rings. The maximum absolute atomic E-state index is 13.3. The molecule has 96 valence electrons. The summed E-state index contributed by atoms with van der Waals surface area (Å²) in [5.74, 6) is 0.433. The van der Waals surface area contributed by atoms with Crippen molar-refractivity contribution in [1.29, 1.82) is 0 Å². The first-order chi connectivity index (χ1) is 8.00. The van der Waals surface area contributed by atoms with Crippen molar-refractivity contribution >= 4 is 15.9 Å². The first-order valence-electron chi connectivity index (χ1n) is 6.17. The molecule has 3 heteroatoms. The van der Waals surface area contributed by atoms with Crippen molar-refractivity contribution in [2.75, 3.05) is 6.54 Å². The Morgan fingerprint density at radius 1 is 1.29 bits per heavy atom. The molecule has 1 N–H and O–H groups in total. The molecule has 1 atom stereocenters. The Labute approximate surface area is 112 Å². The standard InChI is InChI=1S/C14H21BrFN/c1-10(2)17-9-11(3)7-8-12-5-4-6-13(16)14(12)15/h4-6,10-11,17H,7-9H2,1-3H3. The summed E-state index contributed by atoms with van der Waals surface area (Å²) in [6.07, 6.45) is 1.99. The Balaban J connectivity index is 2.42. The van der Waals surface area contributed by atoms with E-state index in [2.05, 4.69) is 42.0 Å². The van der Waals surface area contributed by atoms with E-state index in [-0.39, 0.29) is 5.82 Å². The largest absolute Gasteiger partial charge is 0.314 e. The van der Waals surface area contributed by atoms with Crippen LogP contribution in [0.5, 0.6) is 0 Å².